The zero-order valence-electron chi connectivity index (χ0n) is 12.8. The first-order valence-electron chi connectivity index (χ1n) is 7.19. The van der Waals surface area contributed by atoms with Crippen molar-refractivity contribution in [3.05, 3.63) is 58.3 Å². The van der Waals surface area contributed by atoms with Crippen LogP contribution in [0.4, 0.5) is 17.2 Å². The van der Waals surface area contributed by atoms with Crippen molar-refractivity contribution in [3.63, 3.8) is 0 Å². The van der Waals surface area contributed by atoms with E-state index in [0.717, 1.165) is 25.1 Å². The second-order valence-corrected chi connectivity index (χ2v) is 5.15. The van der Waals surface area contributed by atoms with E-state index in [4.69, 9.17) is 0 Å². The van der Waals surface area contributed by atoms with Crippen LogP contribution >= 0.6 is 0 Å². The molecule has 0 bridgehead atoms. The number of rotatable bonds is 7. The Labute approximate surface area is 129 Å². The fraction of sp³-hybridized carbons (Fsp3) is 0.312. The number of pyridine rings is 1. The summed E-state index contributed by atoms with van der Waals surface area (Å²) in [5, 5.41) is 13.9. The van der Waals surface area contributed by atoms with Crippen LogP contribution in [0, 0.1) is 17.0 Å². The molecule has 1 N–H and O–H groups in total. The molecule has 1 heterocycles. The Morgan fingerprint density at radius 1 is 1.32 bits per heavy atom. The summed E-state index contributed by atoms with van der Waals surface area (Å²) in [6.07, 6.45) is 2.23. The van der Waals surface area contributed by atoms with Crippen molar-refractivity contribution in [2.45, 2.75) is 13.3 Å². The first-order chi connectivity index (χ1) is 10.6. The topological polar surface area (TPSA) is 71.3 Å². The van der Waals surface area contributed by atoms with Crippen molar-refractivity contribution in [2.24, 2.45) is 0 Å². The smallest absolute Gasteiger partial charge is 0.287 e. The number of benzene rings is 1. The normalized spacial score (nSPS) is 10.3. The SMILES string of the molecule is Cc1cc([N+](=O)[O-])cnc1NCCCN(C)c1ccccc1. The average molecular weight is 300 g/mol. The van der Waals surface area contributed by atoms with Gasteiger partial charge in [-0.1, -0.05) is 18.2 Å². The maximum Gasteiger partial charge on any atom is 0.287 e. The van der Waals surface area contributed by atoms with E-state index in [9.17, 15) is 10.1 Å². The molecular formula is C16H20N4O2. The largest absolute Gasteiger partial charge is 0.375 e. The fourth-order valence-corrected chi connectivity index (χ4v) is 2.18. The first-order valence-corrected chi connectivity index (χ1v) is 7.19. The molecule has 0 aliphatic carbocycles. The van der Waals surface area contributed by atoms with Gasteiger partial charge in [-0.15, -0.1) is 0 Å². The van der Waals surface area contributed by atoms with Gasteiger partial charge in [0, 0.05) is 31.9 Å². The number of hydrogen-bond acceptors (Lipinski definition) is 5. The zero-order chi connectivity index (χ0) is 15.9. The Morgan fingerprint density at radius 2 is 2.05 bits per heavy atom. The van der Waals surface area contributed by atoms with Gasteiger partial charge in [-0.2, -0.15) is 0 Å². The molecule has 0 atom stereocenters. The zero-order valence-corrected chi connectivity index (χ0v) is 12.8. The highest BCUT2D eigenvalue weighted by Gasteiger charge is 2.09. The maximum absolute atomic E-state index is 10.7. The summed E-state index contributed by atoms with van der Waals surface area (Å²) in [7, 11) is 2.06. The predicted octanol–water partition coefficient (Wildman–Crippen LogP) is 3.24. The molecule has 0 aliphatic rings. The van der Waals surface area contributed by atoms with Gasteiger partial charge in [0.25, 0.3) is 5.69 Å². The van der Waals surface area contributed by atoms with Crippen LogP contribution < -0.4 is 10.2 Å². The van der Waals surface area contributed by atoms with Crippen LogP contribution in [0.3, 0.4) is 0 Å². The minimum absolute atomic E-state index is 0.0202. The highest BCUT2D eigenvalue weighted by Crippen LogP contribution is 2.18. The predicted molar refractivity (Wildman–Crippen MR) is 88.4 cm³/mol. The minimum atomic E-state index is -0.432. The number of nitrogens with zero attached hydrogens (tertiary/aromatic N) is 3. The molecule has 0 fully saturated rings. The van der Waals surface area contributed by atoms with Crippen LogP contribution in [0.15, 0.2) is 42.6 Å². The summed E-state index contributed by atoms with van der Waals surface area (Å²) >= 11 is 0. The standard InChI is InChI=1S/C16H20N4O2/c1-13-11-15(20(21)22)12-18-16(13)17-9-6-10-19(2)14-7-4-3-5-8-14/h3-5,7-8,11-12H,6,9-10H2,1-2H3,(H,17,18). The van der Waals surface area contributed by atoms with Crippen LogP contribution in [0.5, 0.6) is 0 Å². The van der Waals surface area contributed by atoms with Crippen LogP contribution in [0.25, 0.3) is 0 Å². The van der Waals surface area contributed by atoms with Gasteiger partial charge in [0.1, 0.15) is 12.0 Å². The van der Waals surface area contributed by atoms with E-state index in [0.29, 0.717) is 5.82 Å². The lowest BCUT2D eigenvalue weighted by Crippen LogP contribution is -2.21. The second kappa shape index (κ2) is 7.40. The van der Waals surface area contributed by atoms with E-state index in [1.165, 1.54) is 18.0 Å². The van der Waals surface area contributed by atoms with Crippen LogP contribution in [0.2, 0.25) is 0 Å². The van der Waals surface area contributed by atoms with Gasteiger partial charge in [0.05, 0.1) is 4.92 Å². The summed E-state index contributed by atoms with van der Waals surface area (Å²) in [6, 6.07) is 11.7. The number of nitrogens with one attached hydrogen (secondary N) is 1. The van der Waals surface area contributed by atoms with E-state index in [-0.39, 0.29) is 5.69 Å². The van der Waals surface area contributed by atoms with Crippen LogP contribution in [0.1, 0.15) is 12.0 Å². The molecule has 0 radical (unpaired) electrons. The molecule has 6 nitrogen and oxygen atoms in total. The van der Waals surface area contributed by atoms with Crippen molar-refractivity contribution in [3.8, 4) is 0 Å². The van der Waals surface area contributed by atoms with E-state index >= 15 is 0 Å². The third-order valence-electron chi connectivity index (χ3n) is 3.43. The Kier molecular flexibility index (Phi) is 5.30. The van der Waals surface area contributed by atoms with Crippen molar-refractivity contribution < 1.29 is 4.92 Å². The van der Waals surface area contributed by atoms with Crippen molar-refractivity contribution in [1.82, 2.24) is 4.98 Å². The lowest BCUT2D eigenvalue weighted by Gasteiger charge is -2.19. The Hall–Kier alpha value is -2.63. The number of hydrogen-bond donors (Lipinski definition) is 1. The van der Waals surface area contributed by atoms with E-state index in [1.54, 1.807) is 0 Å². The van der Waals surface area contributed by atoms with Crippen LogP contribution in [-0.2, 0) is 0 Å². The summed E-state index contributed by atoms with van der Waals surface area (Å²) in [5.41, 5.74) is 1.99. The fourth-order valence-electron chi connectivity index (χ4n) is 2.18. The molecule has 1 aromatic heterocycles. The molecular weight excluding hydrogens is 280 g/mol. The highest BCUT2D eigenvalue weighted by atomic mass is 16.6. The van der Waals surface area contributed by atoms with Gasteiger partial charge in [-0.05, 0) is 31.0 Å². The summed E-state index contributed by atoms with van der Waals surface area (Å²) in [6.45, 7) is 3.50. The first kappa shape index (κ1) is 15.8. The number of nitro groups is 1. The third-order valence-corrected chi connectivity index (χ3v) is 3.43. The molecule has 0 saturated heterocycles. The number of aryl methyl sites for hydroxylation is 1. The second-order valence-electron chi connectivity index (χ2n) is 5.15. The van der Waals surface area contributed by atoms with Gasteiger partial charge >= 0.3 is 0 Å². The van der Waals surface area contributed by atoms with Crippen molar-refractivity contribution in [1.29, 1.82) is 0 Å². The van der Waals surface area contributed by atoms with E-state index in [1.807, 2.05) is 25.1 Å². The van der Waals surface area contributed by atoms with Gasteiger partial charge in [0.15, 0.2) is 0 Å². The summed E-state index contributed by atoms with van der Waals surface area (Å²) < 4.78 is 0. The highest BCUT2D eigenvalue weighted by molar-refractivity contribution is 5.48. The van der Waals surface area contributed by atoms with E-state index in [2.05, 4.69) is 34.4 Å². The van der Waals surface area contributed by atoms with Gasteiger partial charge in [-0.25, -0.2) is 4.98 Å². The average Bonchev–Trinajstić information content (AvgIpc) is 2.53. The summed E-state index contributed by atoms with van der Waals surface area (Å²) in [4.78, 5) is 16.5. The Bertz CT molecular complexity index is 631. The van der Waals surface area contributed by atoms with Crippen LogP contribution in [-0.4, -0.2) is 30.0 Å². The minimum Gasteiger partial charge on any atom is -0.375 e. The van der Waals surface area contributed by atoms with Gasteiger partial charge < -0.3 is 10.2 Å². The number of para-hydroxylation sites is 1. The molecule has 6 heteroatoms. The van der Waals surface area contributed by atoms with Crippen molar-refractivity contribution >= 4 is 17.2 Å². The molecule has 2 aromatic rings. The van der Waals surface area contributed by atoms with Gasteiger partial charge in [-0.3, -0.25) is 10.1 Å². The molecule has 22 heavy (non-hydrogen) atoms. The molecule has 1 aromatic carbocycles. The lowest BCUT2D eigenvalue weighted by atomic mass is 10.2. The molecule has 0 amide bonds. The maximum atomic E-state index is 10.7. The molecule has 0 aliphatic heterocycles. The quantitative estimate of drug-likeness (QED) is 0.483. The molecule has 2 rings (SSSR count). The molecule has 0 unspecified atom stereocenters. The monoisotopic (exact) mass is 300 g/mol. The molecule has 0 spiro atoms. The van der Waals surface area contributed by atoms with Gasteiger partial charge in [0.2, 0.25) is 0 Å². The lowest BCUT2D eigenvalue weighted by molar-refractivity contribution is -0.385. The summed E-state index contributed by atoms with van der Waals surface area (Å²) in [5.74, 6) is 0.702. The Morgan fingerprint density at radius 3 is 2.68 bits per heavy atom. The number of anilines is 2. The molecule has 0 saturated carbocycles. The number of aromatic nitrogens is 1. The third kappa shape index (κ3) is 4.18. The van der Waals surface area contributed by atoms with Crippen molar-refractivity contribution in [2.75, 3.05) is 30.4 Å². The molecule has 116 valence electrons. The van der Waals surface area contributed by atoms with E-state index < -0.39 is 4.92 Å². The Balaban J connectivity index is 1.80.